The maximum absolute atomic E-state index is 12.9. The average Bonchev–Trinajstić information content (AvgIpc) is 2.69. The molecular weight excluding hydrogens is 341 g/mol. The maximum atomic E-state index is 12.9. The van der Waals surface area contributed by atoms with Crippen LogP contribution in [0.1, 0.15) is 16.7 Å². The number of rotatable bonds is 6. The van der Waals surface area contributed by atoms with Crippen LogP contribution in [0.25, 0.3) is 0 Å². The van der Waals surface area contributed by atoms with Crippen molar-refractivity contribution in [1.82, 2.24) is 0 Å². The van der Waals surface area contributed by atoms with Gasteiger partial charge in [-0.2, -0.15) is 5.26 Å². The highest BCUT2D eigenvalue weighted by Gasteiger charge is 2.09. The van der Waals surface area contributed by atoms with Crippen molar-refractivity contribution >= 4 is 17.3 Å². The van der Waals surface area contributed by atoms with E-state index in [-0.39, 0.29) is 18.1 Å². The van der Waals surface area contributed by atoms with Crippen LogP contribution in [0.3, 0.4) is 0 Å². The molecule has 0 aliphatic heterocycles. The van der Waals surface area contributed by atoms with Crippen molar-refractivity contribution in [3.63, 3.8) is 0 Å². The van der Waals surface area contributed by atoms with Gasteiger partial charge in [-0.25, -0.2) is 4.39 Å². The fourth-order valence-electron chi connectivity index (χ4n) is 2.64. The largest absolute Gasteiger partial charge is 0.381 e. The number of hydrogen-bond donors (Lipinski definition) is 2. The minimum absolute atomic E-state index is 0.176. The molecule has 3 rings (SSSR count). The molecule has 27 heavy (non-hydrogen) atoms. The van der Waals surface area contributed by atoms with Crippen molar-refractivity contribution in [2.75, 3.05) is 10.6 Å². The van der Waals surface area contributed by atoms with Crippen molar-refractivity contribution < 1.29 is 9.18 Å². The van der Waals surface area contributed by atoms with Crippen LogP contribution in [0.4, 0.5) is 15.8 Å². The quantitative estimate of drug-likeness (QED) is 0.681. The monoisotopic (exact) mass is 359 g/mol. The van der Waals surface area contributed by atoms with E-state index in [2.05, 4.69) is 16.7 Å². The van der Waals surface area contributed by atoms with Crippen molar-refractivity contribution in [2.24, 2.45) is 0 Å². The number of nitriles is 1. The first-order valence-electron chi connectivity index (χ1n) is 8.50. The highest BCUT2D eigenvalue weighted by atomic mass is 19.1. The van der Waals surface area contributed by atoms with Crippen LogP contribution >= 0.6 is 0 Å². The maximum Gasteiger partial charge on any atom is 0.228 e. The van der Waals surface area contributed by atoms with Gasteiger partial charge >= 0.3 is 0 Å². The van der Waals surface area contributed by atoms with Gasteiger partial charge in [0.1, 0.15) is 11.9 Å². The van der Waals surface area contributed by atoms with E-state index < -0.39 is 0 Å². The number of carbonyl (C=O) groups is 1. The van der Waals surface area contributed by atoms with Crippen LogP contribution in [0.15, 0.2) is 72.8 Å². The van der Waals surface area contributed by atoms with Crippen molar-refractivity contribution in [3.8, 4) is 6.07 Å². The van der Waals surface area contributed by atoms with Gasteiger partial charge in [0.25, 0.3) is 0 Å². The summed E-state index contributed by atoms with van der Waals surface area (Å²) in [5.41, 5.74) is 3.43. The molecule has 2 N–H and O–H groups in total. The summed E-state index contributed by atoms with van der Waals surface area (Å²) >= 11 is 0. The molecule has 0 unspecified atom stereocenters. The molecule has 0 saturated carbocycles. The van der Waals surface area contributed by atoms with E-state index in [9.17, 15) is 14.4 Å². The zero-order chi connectivity index (χ0) is 19.1. The van der Waals surface area contributed by atoms with Gasteiger partial charge in [-0.15, -0.1) is 0 Å². The van der Waals surface area contributed by atoms with Crippen LogP contribution in [0.5, 0.6) is 0 Å². The van der Waals surface area contributed by atoms with Crippen LogP contribution in [-0.2, 0) is 17.8 Å². The molecular formula is C22H18FN3O. The Labute approximate surface area is 157 Å². The molecule has 0 bridgehead atoms. The van der Waals surface area contributed by atoms with Gasteiger partial charge in [-0.05, 0) is 41.5 Å². The van der Waals surface area contributed by atoms with Gasteiger partial charge in [-0.1, -0.05) is 42.5 Å². The zero-order valence-electron chi connectivity index (χ0n) is 14.6. The smallest absolute Gasteiger partial charge is 0.228 e. The molecule has 5 heteroatoms. The minimum Gasteiger partial charge on any atom is -0.381 e. The molecule has 4 nitrogen and oxygen atoms in total. The molecule has 0 aromatic heterocycles. The van der Waals surface area contributed by atoms with Crippen LogP contribution in [0, 0.1) is 17.1 Å². The molecule has 3 aromatic rings. The molecule has 0 aliphatic rings. The Morgan fingerprint density at radius 3 is 2.41 bits per heavy atom. The lowest BCUT2D eigenvalue weighted by atomic mass is 10.1. The second-order valence-corrected chi connectivity index (χ2v) is 6.06. The van der Waals surface area contributed by atoms with Gasteiger partial charge in [0, 0.05) is 12.2 Å². The number of carbonyl (C=O) groups excluding carboxylic acids is 1. The summed E-state index contributed by atoms with van der Waals surface area (Å²) < 4.78 is 12.9. The molecule has 0 atom stereocenters. The van der Waals surface area contributed by atoms with E-state index in [1.807, 2.05) is 30.3 Å². The third-order valence-corrected chi connectivity index (χ3v) is 4.03. The number of nitrogens with one attached hydrogen (secondary N) is 2. The average molecular weight is 359 g/mol. The second-order valence-electron chi connectivity index (χ2n) is 6.06. The highest BCUT2D eigenvalue weighted by Crippen LogP contribution is 2.21. The van der Waals surface area contributed by atoms with Gasteiger partial charge in [0.15, 0.2) is 0 Å². The molecule has 0 aliphatic carbocycles. The lowest BCUT2D eigenvalue weighted by Crippen LogP contribution is -2.15. The Balaban J connectivity index is 1.64. The van der Waals surface area contributed by atoms with Crippen LogP contribution < -0.4 is 10.6 Å². The third kappa shape index (κ3) is 5.16. The van der Waals surface area contributed by atoms with E-state index in [1.54, 1.807) is 30.3 Å². The molecule has 0 spiro atoms. The summed E-state index contributed by atoms with van der Waals surface area (Å²) in [6.07, 6.45) is 0.246. The van der Waals surface area contributed by atoms with E-state index in [1.165, 1.54) is 12.1 Å². The first kappa shape index (κ1) is 18.2. The second kappa shape index (κ2) is 8.63. The van der Waals surface area contributed by atoms with E-state index in [4.69, 9.17) is 0 Å². The number of nitrogens with zero attached hydrogens (tertiary/aromatic N) is 1. The van der Waals surface area contributed by atoms with E-state index in [0.29, 0.717) is 17.8 Å². The van der Waals surface area contributed by atoms with Crippen molar-refractivity contribution in [3.05, 3.63) is 95.3 Å². The Morgan fingerprint density at radius 2 is 1.70 bits per heavy atom. The summed E-state index contributed by atoms with van der Waals surface area (Å²) in [5, 5.41) is 15.4. The highest BCUT2D eigenvalue weighted by molar-refractivity contribution is 5.93. The molecule has 134 valence electrons. The molecule has 3 aromatic carbocycles. The summed E-state index contributed by atoms with van der Waals surface area (Å²) in [6.45, 7) is 0.505. The van der Waals surface area contributed by atoms with E-state index >= 15 is 0 Å². The van der Waals surface area contributed by atoms with Gasteiger partial charge < -0.3 is 10.6 Å². The molecule has 0 fully saturated rings. The first-order chi connectivity index (χ1) is 13.1. The summed E-state index contributed by atoms with van der Waals surface area (Å²) in [7, 11) is 0. The fourth-order valence-corrected chi connectivity index (χ4v) is 2.64. The lowest BCUT2D eigenvalue weighted by Gasteiger charge is -2.11. The SMILES string of the molecule is N#Cc1cc(NCc2ccc(F)cc2)ccc1NC(=O)Cc1ccccc1. The number of halogens is 1. The number of hydrogen-bond acceptors (Lipinski definition) is 3. The Bertz CT molecular complexity index is 963. The minimum atomic E-state index is -0.277. The molecule has 0 saturated heterocycles. The summed E-state index contributed by atoms with van der Waals surface area (Å²) in [5.74, 6) is -0.453. The van der Waals surface area contributed by atoms with Gasteiger partial charge in [0.05, 0.1) is 17.7 Å². The lowest BCUT2D eigenvalue weighted by molar-refractivity contribution is -0.115. The van der Waals surface area contributed by atoms with Crippen LogP contribution in [0.2, 0.25) is 0 Å². The number of anilines is 2. The molecule has 0 radical (unpaired) electrons. The summed E-state index contributed by atoms with van der Waals surface area (Å²) in [4.78, 5) is 12.2. The van der Waals surface area contributed by atoms with Gasteiger partial charge in [0.2, 0.25) is 5.91 Å². The van der Waals surface area contributed by atoms with E-state index in [0.717, 1.165) is 16.8 Å². The van der Waals surface area contributed by atoms with Crippen molar-refractivity contribution in [1.29, 1.82) is 5.26 Å². The zero-order valence-corrected chi connectivity index (χ0v) is 14.6. The Morgan fingerprint density at radius 1 is 0.963 bits per heavy atom. The predicted octanol–water partition coefficient (Wildman–Crippen LogP) is 4.49. The standard InChI is InChI=1S/C22H18FN3O/c23-19-8-6-17(7-9-19)15-25-20-10-11-21(18(13-20)14-24)26-22(27)12-16-4-2-1-3-5-16/h1-11,13,25H,12,15H2,(H,26,27). The molecule has 1 amide bonds. The predicted molar refractivity (Wildman–Crippen MR) is 104 cm³/mol. The number of benzene rings is 3. The molecule has 0 heterocycles. The van der Waals surface area contributed by atoms with Gasteiger partial charge in [-0.3, -0.25) is 4.79 Å². The Hall–Kier alpha value is -3.65. The fraction of sp³-hybridized carbons (Fsp3) is 0.0909. The topological polar surface area (TPSA) is 64.9 Å². The Kier molecular flexibility index (Phi) is 5.80. The van der Waals surface area contributed by atoms with Crippen LogP contribution in [-0.4, -0.2) is 5.91 Å². The summed E-state index contributed by atoms with van der Waals surface area (Å²) in [6, 6.07) is 22.9. The third-order valence-electron chi connectivity index (χ3n) is 4.03. The number of amides is 1. The first-order valence-corrected chi connectivity index (χ1v) is 8.50. The normalized spacial score (nSPS) is 10.1. The van der Waals surface area contributed by atoms with Crippen molar-refractivity contribution in [2.45, 2.75) is 13.0 Å².